The van der Waals surface area contributed by atoms with Gasteiger partial charge in [-0.25, -0.2) is 9.18 Å². The van der Waals surface area contributed by atoms with E-state index < -0.39 is 11.9 Å². The first-order chi connectivity index (χ1) is 9.61. The fraction of sp³-hybridized carbons (Fsp3) is 0.429. The van der Waals surface area contributed by atoms with Crippen LogP contribution in [0.15, 0.2) is 18.2 Å². The van der Waals surface area contributed by atoms with Crippen molar-refractivity contribution in [1.82, 2.24) is 5.32 Å². The van der Waals surface area contributed by atoms with Crippen LogP contribution in [0.4, 0.5) is 14.9 Å². The third-order valence-corrected chi connectivity index (χ3v) is 3.50. The molecule has 0 radical (unpaired) electrons. The minimum atomic E-state index is -1.17. The summed E-state index contributed by atoms with van der Waals surface area (Å²) in [6.45, 7) is 1.99. The molecule has 2 N–H and O–H groups in total. The number of nitrogens with zero attached hydrogens (tertiary/aromatic N) is 2. The van der Waals surface area contributed by atoms with Gasteiger partial charge in [0.1, 0.15) is 5.82 Å². The maximum atomic E-state index is 13.9. The number of rotatable bonds is 3. The van der Waals surface area contributed by atoms with Crippen molar-refractivity contribution in [2.75, 3.05) is 24.5 Å². The number of hydrogen-bond donors (Lipinski definition) is 2. The van der Waals surface area contributed by atoms with Gasteiger partial charge in [-0.15, -0.1) is 0 Å². The zero-order valence-electron chi connectivity index (χ0n) is 11.0. The molecular weight excluding hydrogens is 261 g/mol. The number of nitrogens with one attached hydrogen (secondary N) is 1. The molecule has 1 aliphatic rings. The number of anilines is 1. The van der Waals surface area contributed by atoms with E-state index in [4.69, 9.17) is 5.26 Å². The summed E-state index contributed by atoms with van der Waals surface area (Å²) in [6.07, 6.45) is 0.579. The second-order valence-corrected chi connectivity index (χ2v) is 4.86. The van der Waals surface area contributed by atoms with Crippen LogP contribution in [0.1, 0.15) is 18.4 Å². The lowest BCUT2D eigenvalue weighted by molar-refractivity contribution is 0.199. The number of carboxylic acid groups (broad SMARTS) is 1. The Bertz CT molecular complexity index is 536. The quantitative estimate of drug-likeness (QED) is 0.887. The lowest BCUT2D eigenvalue weighted by atomic mass is 9.97. The van der Waals surface area contributed by atoms with E-state index in [2.05, 4.69) is 5.32 Å². The van der Waals surface area contributed by atoms with Gasteiger partial charge in [-0.05, 0) is 50.0 Å². The van der Waals surface area contributed by atoms with Gasteiger partial charge in [0.05, 0.1) is 17.3 Å². The third kappa shape index (κ3) is 3.25. The van der Waals surface area contributed by atoms with E-state index in [0.29, 0.717) is 0 Å². The summed E-state index contributed by atoms with van der Waals surface area (Å²) < 4.78 is 13.9. The average Bonchev–Trinajstić information content (AvgIpc) is 2.46. The topological polar surface area (TPSA) is 76.4 Å². The predicted octanol–water partition coefficient (Wildman–Crippen LogP) is 2.18. The van der Waals surface area contributed by atoms with Gasteiger partial charge in [0, 0.05) is 6.54 Å². The van der Waals surface area contributed by atoms with Crippen LogP contribution in [0.2, 0.25) is 0 Å². The molecule has 0 bridgehead atoms. The Morgan fingerprint density at radius 2 is 2.20 bits per heavy atom. The van der Waals surface area contributed by atoms with E-state index in [1.807, 2.05) is 6.07 Å². The van der Waals surface area contributed by atoms with Crippen LogP contribution < -0.4 is 10.2 Å². The zero-order chi connectivity index (χ0) is 14.5. The summed E-state index contributed by atoms with van der Waals surface area (Å²) in [5, 5.41) is 21.2. The van der Waals surface area contributed by atoms with Crippen molar-refractivity contribution < 1.29 is 14.3 Å². The second-order valence-electron chi connectivity index (χ2n) is 4.86. The lowest BCUT2D eigenvalue weighted by Gasteiger charge is -2.28. The Labute approximate surface area is 116 Å². The van der Waals surface area contributed by atoms with Gasteiger partial charge in [0.25, 0.3) is 0 Å². The first kappa shape index (κ1) is 14.3. The smallest absolute Gasteiger partial charge is 0.411 e. The van der Waals surface area contributed by atoms with Gasteiger partial charge in [0.15, 0.2) is 0 Å². The minimum Gasteiger partial charge on any atom is -0.465 e. The standard InChI is InChI=1S/C14H16FN3O2/c15-12-7-11(8-16)1-2-13(12)18(14(19)20)9-10-3-5-17-6-4-10/h1-2,7,10,17H,3-6,9H2,(H,19,20). The van der Waals surface area contributed by atoms with Gasteiger partial charge in [-0.1, -0.05) is 0 Å². The highest BCUT2D eigenvalue weighted by Gasteiger charge is 2.23. The van der Waals surface area contributed by atoms with Crippen molar-refractivity contribution in [1.29, 1.82) is 5.26 Å². The number of halogens is 1. The van der Waals surface area contributed by atoms with E-state index in [-0.39, 0.29) is 23.7 Å². The molecule has 1 fully saturated rings. The van der Waals surface area contributed by atoms with Crippen molar-refractivity contribution in [2.45, 2.75) is 12.8 Å². The van der Waals surface area contributed by atoms with E-state index >= 15 is 0 Å². The summed E-state index contributed by atoms with van der Waals surface area (Å²) in [6, 6.07) is 5.67. The van der Waals surface area contributed by atoms with E-state index in [0.717, 1.165) is 36.9 Å². The molecular formula is C14H16FN3O2. The molecule has 0 saturated carbocycles. The van der Waals surface area contributed by atoms with Crippen molar-refractivity contribution in [2.24, 2.45) is 5.92 Å². The van der Waals surface area contributed by atoms with E-state index in [1.54, 1.807) is 0 Å². The molecule has 5 nitrogen and oxygen atoms in total. The summed E-state index contributed by atoms with van der Waals surface area (Å²) in [7, 11) is 0. The molecule has 106 valence electrons. The number of amides is 1. The molecule has 0 spiro atoms. The van der Waals surface area contributed by atoms with Crippen LogP contribution in [0, 0.1) is 23.1 Å². The van der Waals surface area contributed by atoms with Crippen LogP contribution in [-0.2, 0) is 0 Å². The first-order valence-electron chi connectivity index (χ1n) is 6.52. The van der Waals surface area contributed by atoms with Gasteiger partial charge in [0.2, 0.25) is 0 Å². The van der Waals surface area contributed by atoms with Gasteiger partial charge in [-0.2, -0.15) is 5.26 Å². The van der Waals surface area contributed by atoms with Crippen molar-refractivity contribution in [3.05, 3.63) is 29.6 Å². The number of hydrogen-bond acceptors (Lipinski definition) is 3. The van der Waals surface area contributed by atoms with Crippen LogP contribution >= 0.6 is 0 Å². The number of benzene rings is 1. The van der Waals surface area contributed by atoms with Crippen LogP contribution in [0.3, 0.4) is 0 Å². The van der Waals surface area contributed by atoms with E-state index in [1.165, 1.54) is 12.1 Å². The molecule has 2 rings (SSSR count). The molecule has 0 aromatic heterocycles. The molecule has 6 heteroatoms. The number of nitriles is 1. The van der Waals surface area contributed by atoms with Gasteiger partial charge >= 0.3 is 6.09 Å². The normalized spacial score (nSPS) is 15.6. The highest BCUT2D eigenvalue weighted by molar-refractivity contribution is 5.86. The Kier molecular flexibility index (Phi) is 4.53. The van der Waals surface area contributed by atoms with Crippen LogP contribution in [-0.4, -0.2) is 30.8 Å². The van der Waals surface area contributed by atoms with Crippen LogP contribution in [0.5, 0.6) is 0 Å². The SMILES string of the molecule is N#Cc1ccc(N(CC2CCNCC2)C(=O)O)c(F)c1. The van der Waals surface area contributed by atoms with Crippen molar-refractivity contribution in [3.8, 4) is 6.07 Å². The third-order valence-electron chi connectivity index (χ3n) is 3.50. The fourth-order valence-electron chi connectivity index (χ4n) is 2.40. The number of piperidine rings is 1. The highest BCUT2D eigenvalue weighted by atomic mass is 19.1. The molecule has 0 atom stereocenters. The summed E-state index contributed by atoms with van der Waals surface area (Å²) in [5.41, 5.74) is 0.188. The predicted molar refractivity (Wildman–Crippen MR) is 72.1 cm³/mol. The Hall–Kier alpha value is -2.13. The molecule has 1 heterocycles. The van der Waals surface area contributed by atoms with Gasteiger partial charge < -0.3 is 10.4 Å². The van der Waals surface area contributed by atoms with Crippen molar-refractivity contribution >= 4 is 11.8 Å². The molecule has 1 saturated heterocycles. The zero-order valence-corrected chi connectivity index (χ0v) is 11.0. The Morgan fingerprint density at radius 1 is 1.50 bits per heavy atom. The van der Waals surface area contributed by atoms with Crippen LogP contribution in [0.25, 0.3) is 0 Å². The molecule has 0 aliphatic carbocycles. The highest BCUT2D eigenvalue weighted by Crippen LogP contribution is 2.24. The average molecular weight is 277 g/mol. The lowest BCUT2D eigenvalue weighted by Crippen LogP contribution is -2.39. The summed E-state index contributed by atoms with van der Waals surface area (Å²) in [4.78, 5) is 12.4. The first-order valence-corrected chi connectivity index (χ1v) is 6.52. The Balaban J connectivity index is 2.20. The minimum absolute atomic E-state index is 0.00929. The molecule has 1 aromatic carbocycles. The van der Waals surface area contributed by atoms with E-state index in [9.17, 15) is 14.3 Å². The maximum Gasteiger partial charge on any atom is 0.411 e. The number of carbonyl (C=O) groups is 1. The monoisotopic (exact) mass is 277 g/mol. The summed E-state index contributed by atoms with van der Waals surface area (Å²) in [5.74, 6) is -0.456. The molecule has 0 unspecified atom stereocenters. The van der Waals surface area contributed by atoms with Gasteiger partial charge in [-0.3, -0.25) is 4.90 Å². The maximum absolute atomic E-state index is 13.9. The summed E-state index contributed by atoms with van der Waals surface area (Å²) >= 11 is 0. The van der Waals surface area contributed by atoms with Crippen molar-refractivity contribution in [3.63, 3.8) is 0 Å². The molecule has 1 aromatic rings. The fourth-order valence-corrected chi connectivity index (χ4v) is 2.40. The second kappa shape index (κ2) is 6.35. The Morgan fingerprint density at radius 3 is 2.75 bits per heavy atom. The molecule has 1 aliphatic heterocycles. The molecule has 1 amide bonds. The molecule has 20 heavy (non-hydrogen) atoms. The largest absolute Gasteiger partial charge is 0.465 e.